The molecular weight excluding hydrogens is 1660 g/mol. The van der Waals surface area contributed by atoms with Crippen LogP contribution in [0.1, 0.15) is 213 Å². The first kappa shape index (κ1) is 86.0. The molecule has 5 saturated carbocycles. The Bertz CT molecular complexity index is 6250. The third-order valence-corrected chi connectivity index (χ3v) is 31.5. The highest BCUT2D eigenvalue weighted by Gasteiger charge is 2.48. The summed E-state index contributed by atoms with van der Waals surface area (Å²) < 4.78 is 18.8. The monoisotopic (exact) mass is 1780 g/mol. The number of pyridine rings is 3. The number of carboxylic acid groups (broad SMARTS) is 1. The molecule has 9 fully saturated rings. The standard InChI is InChI=1S/C40H57N5O2Si2.C30H29N9O.C27H28N6.C3H3N3O2/c1-48(2,3)20-18-46-27-44(28-47-19-21-49(4,5)6)40-37(32-14-15-32)38(34-23-29-12-13-30(22-29)24-34)43-39-35(26-42-45(39)40)33-16-17-36(41-25-33)31-10-8-7-9-11-31;31-27-25(18-6-7-18)26(20-12-21-9-10-22(13-20)38(21)30(40)28-33-16-34-37-28)36-29-23(15-35-39(27)29)19-8-11-24(32-14-19)17-4-2-1-3-5-17;28-26-24(17-6-7-17)25(19-12-20-9-10-21(13-19)31-20)32-27-22(15-30-33(26)27)18-8-11-23(29-14-18)16-4-2-1-3-5-16;7-3(8)2-4-1-5-6-2/h7-11,16-17,25-26,29-30,32,34H,12-15,18-24,27-28H2,1-6H3;1-5,8,11,14-16,18,20-22H,6-7,9-10,12-13,31H2,(H,33,34,37);1-5,8,11,14-15,17,19-21,31H,6-7,9-10,12-13,28H2;1H,(H,7,8)(H,4,5,6)/t29-,30+,34?;20?,21-,22+;19?,20-,21+;. The molecular formula is C100H117N23O5Si2. The maximum atomic E-state index is 13.2. The van der Waals surface area contributed by atoms with E-state index in [4.69, 9.17) is 61.1 Å². The molecule has 670 valence electrons. The van der Waals surface area contributed by atoms with Crippen LogP contribution in [0.25, 0.3) is 84.1 Å². The predicted octanol–water partition coefficient (Wildman–Crippen LogP) is 19.1. The van der Waals surface area contributed by atoms with Crippen LogP contribution in [0.2, 0.25) is 51.4 Å². The number of aromatic carboxylic acids is 1. The molecule has 23 rings (SSSR count). The van der Waals surface area contributed by atoms with Gasteiger partial charge in [-0.3, -0.25) is 29.9 Å². The molecule has 9 atom stereocenters. The zero-order chi connectivity index (χ0) is 88.9. The number of ether oxygens (including phenoxy) is 2. The number of nitrogen functional groups attached to an aromatic ring is 2. The second kappa shape index (κ2) is 36.7. The fraction of sp³-hybridized carbons (Fsp3) is 0.430. The fourth-order valence-corrected chi connectivity index (χ4v) is 22.6. The summed E-state index contributed by atoms with van der Waals surface area (Å²) in [6.07, 6.45) is 36.5. The van der Waals surface area contributed by atoms with E-state index < -0.39 is 22.1 Å². The molecule has 30 heteroatoms. The second-order valence-corrected chi connectivity index (χ2v) is 51.2. The van der Waals surface area contributed by atoms with E-state index >= 15 is 0 Å². The summed E-state index contributed by atoms with van der Waals surface area (Å²) >= 11 is 0. The molecule has 4 saturated heterocycles. The molecule has 0 radical (unpaired) electrons. The third-order valence-electron chi connectivity index (χ3n) is 28.1. The number of hydrogen-bond acceptors (Lipinski definition) is 21. The summed E-state index contributed by atoms with van der Waals surface area (Å²) in [5.74, 6) is 6.02. The highest BCUT2D eigenvalue weighted by molar-refractivity contribution is 6.76. The van der Waals surface area contributed by atoms with Gasteiger partial charge in [-0.1, -0.05) is 161 Å². The Kier molecular flexibility index (Phi) is 24.3. The first-order chi connectivity index (χ1) is 63.2. The van der Waals surface area contributed by atoms with Crippen molar-refractivity contribution in [1.82, 2.24) is 99.3 Å². The van der Waals surface area contributed by atoms with Gasteiger partial charge in [0.1, 0.15) is 43.6 Å². The number of rotatable bonds is 25. The van der Waals surface area contributed by atoms with Crippen LogP contribution >= 0.6 is 0 Å². The molecule has 11 aromatic heterocycles. The number of nitrogens with one attached hydrogen (secondary N) is 3. The highest BCUT2D eigenvalue weighted by atomic mass is 28.3. The molecule has 1 amide bonds. The van der Waals surface area contributed by atoms with Gasteiger partial charge in [0.15, 0.2) is 16.9 Å². The maximum Gasteiger partial charge on any atom is 0.373 e. The van der Waals surface area contributed by atoms with Crippen molar-refractivity contribution in [2.24, 2.45) is 11.8 Å². The minimum Gasteiger partial charge on any atom is -0.475 e. The Balaban J connectivity index is 0.000000118. The summed E-state index contributed by atoms with van der Waals surface area (Å²) in [6, 6.07) is 47.3. The smallest absolute Gasteiger partial charge is 0.373 e. The van der Waals surface area contributed by atoms with Crippen molar-refractivity contribution in [3.63, 3.8) is 0 Å². The first-order valence-corrected chi connectivity index (χ1v) is 54.4. The number of nitrogens with two attached hydrogens (primary N) is 2. The maximum absolute atomic E-state index is 13.2. The van der Waals surface area contributed by atoms with Gasteiger partial charge < -0.3 is 41.2 Å². The number of hydrogen-bond donors (Lipinski definition) is 6. The van der Waals surface area contributed by atoms with E-state index in [2.05, 4.69) is 173 Å². The van der Waals surface area contributed by atoms with E-state index in [0.29, 0.717) is 66.8 Å². The number of carbonyl (C=O) groups is 2. The zero-order valence-electron chi connectivity index (χ0n) is 75.1. The van der Waals surface area contributed by atoms with E-state index in [1.54, 1.807) is 4.52 Å². The summed E-state index contributed by atoms with van der Waals surface area (Å²) in [6.45, 7) is 17.0. The van der Waals surface area contributed by atoms with Crippen LogP contribution in [0.3, 0.4) is 0 Å². The summed E-state index contributed by atoms with van der Waals surface area (Å²) in [7, 11) is -2.45. The van der Waals surface area contributed by atoms with Crippen LogP contribution < -0.4 is 21.7 Å². The lowest BCUT2D eigenvalue weighted by Crippen LogP contribution is -2.46. The summed E-state index contributed by atoms with van der Waals surface area (Å²) in [5, 5.41) is 38.5. The lowest BCUT2D eigenvalue weighted by molar-refractivity contribution is 0.0556. The van der Waals surface area contributed by atoms with Crippen LogP contribution in [-0.4, -0.2) is 178 Å². The number of aromatic nitrogens is 18. The van der Waals surface area contributed by atoms with Crippen molar-refractivity contribution < 1.29 is 24.2 Å². The molecule has 3 aromatic carbocycles. The molecule has 3 unspecified atom stereocenters. The Morgan fingerprint density at radius 3 is 1.20 bits per heavy atom. The van der Waals surface area contributed by atoms with Gasteiger partial charge >= 0.3 is 5.97 Å². The number of benzene rings is 3. The van der Waals surface area contributed by atoms with Crippen molar-refractivity contribution in [2.45, 2.75) is 233 Å². The molecule has 8 N–H and O–H groups in total. The number of amides is 1. The molecule has 5 aliphatic carbocycles. The summed E-state index contributed by atoms with van der Waals surface area (Å²) in [5.41, 5.74) is 35.8. The third kappa shape index (κ3) is 18.6. The molecule has 0 spiro atoms. The van der Waals surface area contributed by atoms with Crippen molar-refractivity contribution in [3.8, 4) is 67.2 Å². The Hall–Kier alpha value is -12.1. The number of H-pyrrole nitrogens is 2. The number of piperidine rings is 2. The minimum atomic E-state index is -1.23. The number of fused-ring (bicyclic) bond motifs is 9. The minimum absolute atomic E-state index is 0.0571. The Morgan fingerprint density at radius 1 is 0.423 bits per heavy atom. The predicted molar refractivity (Wildman–Crippen MR) is 510 cm³/mol. The van der Waals surface area contributed by atoms with E-state index in [0.717, 1.165) is 202 Å². The van der Waals surface area contributed by atoms with Crippen molar-refractivity contribution in [3.05, 3.63) is 223 Å². The second-order valence-electron chi connectivity index (χ2n) is 39.9. The van der Waals surface area contributed by atoms with Gasteiger partial charge in [-0.2, -0.15) is 39.0 Å². The van der Waals surface area contributed by atoms with Crippen molar-refractivity contribution >= 4 is 62.4 Å². The Morgan fingerprint density at radius 2 is 0.815 bits per heavy atom. The van der Waals surface area contributed by atoms with Gasteiger partial charge in [0.05, 0.1) is 52.8 Å². The van der Waals surface area contributed by atoms with Crippen LogP contribution in [0.5, 0.6) is 0 Å². The van der Waals surface area contributed by atoms with E-state index in [9.17, 15) is 9.59 Å². The molecule has 15 heterocycles. The number of aromatic amines is 2. The lowest BCUT2D eigenvalue weighted by Gasteiger charge is -2.39. The molecule has 6 bridgehead atoms. The Labute approximate surface area is 759 Å². The van der Waals surface area contributed by atoms with Crippen LogP contribution in [0, 0.1) is 11.8 Å². The molecule has 28 nitrogen and oxygen atoms in total. The highest BCUT2D eigenvalue weighted by Crippen LogP contribution is 2.56. The topological polar surface area (TPSA) is 356 Å². The molecule has 4 aliphatic heterocycles. The average molecular weight is 1780 g/mol. The largest absolute Gasteiger partial charge is 0.475 e. The van der Waals surface area contributed by atoms with Crippen LogP contribution in [0.15, 0.2) is 177 Å². The van der Waals surface area contributed by atoms with Gasteiger partial charge in [-0.05, 0) is 169 Å². The average Bonchev–Trinajstić information content (AvgIpc) is 1.60. The normalized spacial score (nSPS) is 21.5. The fourth-order valence-electron chi connectivity index (χ4n) is 21.0. The number of carboxylic acids is 1. The van der Waals surface area contributed by atoms with Gasteiger partial charge in [0.25, 0.3) is 5.91 Å². The molecule has 9 aliphatic rings. The van der Waals surface area contributed by atoms with Crippen molar-refractivity contribution in [2.75, 3.05) is 43.0 Å². The number of anilines is 3. The first-order valence-electron chi connectivity index (χ1n) is 47.0. The van der Waals surface area contributed by atoms with Gasteiger partial charge in [0, 0.05) is 157 Å². The van der Waals surface area contributed by atoms with Gasteiger partial charge in [0.2, 0.25) is 11.6 Å². The molecule has 130 heavy (non-hydrogen) atoms. The summed E-state index contributed by atoms with van der Waals surface area (Å²) in [4.78, 5) is 65.6. The van der Waals surface area contributed by atoms with Crippen molar-refractivity contribution in [1.29, 1.82) is 0 Å². The van der Waals surface area contributed by atoms with Crippen LogP contribution in [-0.2, 0) is 9.47 Å². The van der Waals surface area contributed by atoms with E-state index in [1.165, 1.54) is 99.5 Å². The number of carbonyl (C=O) groups excluding carboxylic acids is 1. The van der Waals surface area contributed by atoms with Gasteiger partial charge in [-0.25, -0.2) is 29.7 Å². The number of nitrogens with zero attached hydrogens (tertiary/aromatic N) is 18. The SMILES string of the molecule is C[Si](C)(C)CCOCN(COCC[Si](C)(C)C)c1c(C2CC2)c(C2C[C@H]3CC[C@@H](C2)C3)nc2c(-c3ccc(-c4ccccc4)nc3)cnn12.Nc1c(C2CC2)c(C2C[C@H]3CC[C@@H](C2)N3)nc2c(-c3ccc(-c4ccccc4)nc3)cnn12.Nc1c(C2CC2)c(C2C[C@H]3CC[C@@H](C2)N3C(=O)c2ncn[nH]2)nc2c(-c3ccc(-c4ccccc4)nc3)cnn12.O=C(O)c1ncn[nH]1. The van der Waals surface area contributed by atoms with E-state index in [1.807, 2.05) is 95.1 Å². The van der Waals surface area contributed by atoms with E-state index in [-0.39, 0.29) is 29.7 Å². The zero-order valence-corrected chi connectivity index (χ0v) is 77.1. The van der Waals surface area contributed by atoms with Crippen LogP contribution in [0.4, 0.5) is 17.5 Å². The molecule has 14 aromatic rings. The lowest BCUT2D eigenvalue weighted by atomic mass is 9.78. The quantitative estimate of drug-likeness (QED) is 0.0176. The van der Waals surface area contributed by atoms with Gasteiger partial charge in [-0.15, -0.1) is 0 Å².